The van der Waals surface area contributed by atoms with Crippen molar-refractivity contribution >= 4 is 40.1 Å². The number of amides is 3. The maximum absolute atomic E-state index is 15.2. The molecule has 1 aromatic heterocycles. The number of urea groups is 1. The van der Waals surface area contributed by atoms with Gasteiger partial charge in [-0.25, -0.2) is 14.0 Å². The van der Waals surface area contributed by atoms with Crippen LogP contribution >= 0.6 is 0 Å². The number of aromatic nitrogens is 2. The number of anilines is 3. The van der Waals surface area contributed by atoms with Gasteiger partial charge in [-0.15, -0.1) is 0 Å². The Bertz CT molecular complexity index is 1470. The predicted octanol–water partition coefficient (Wildman–Crippen LogP) is 2.15. The zero-order valence-electron chi connectivity index (χ0n) is 22.6. The lowest BCUT2D eigenvalue weighted by Gasteiger charge is -2.27. The molecule has 214 valence electrons. The number of cyclic esters (lactones) is 1. The fourth-order valence-corrected chi connectivity index (χ4v) is 5.13. The number of hydrogen-bond acceptors (Lipinski definition) is 7. The second-order valence-corrected chi connectivity index (χ2v) is 9.78. The molecule has 0 saturated carbocycles. The van der Waals surface area contributed by atoms with Crippen LogP contribution in [0.3, 0.4) is 0 Å². The SMILES string of the molecule is CCN(CCn1c2ccc(NC(=O)N3CCOCC3)cc2c(=O)n1C)c1ccc(N2C[C@H](CN)OC2=O)cc1F. The number of carbonyl (C=O) groups is 2. The largest absolute Gasteiger partial charge is 0.443 e. The van der Waals surface area contributed by atoms with Crippen LogP contribution in [0.5, 0.6) is 0 Å². The van der Waals surface area contributed by atoms with Gasteiger partial charge in [-0.3, -0.25) is 19.1 Å². The van der Waals surface area contributed by atoms with E-state index in [1.807, 2.05) is 16.5 Å². The standard InChI is InChI=1S/C27H34FN7O5/c1-3-32(24-7-5-19(15-22(24)28)34-17-20(16-29)40-27(34)38)8-9-35-23-6-4-18(14-21(23)25(36)31(35)2)30-26(37)33-10-12-39-13-11-33/h4-7,14-15,20H,3,8-13,16-17,29H2,1-2H3,(H,30,37)/t20-/m0/s1. The van der Waals surface area contributed by atoms with Crippen molar-refractivity contribution in [1.29, 1.82) is 0 Å². The normalized spacial score (nSPS) is 17.4. The summed E-state index contributed by atoms with van der Waals surface area (Å²) in [5.74, 6) is -0.463. The minimum atomic E-state index is -0.542. The highest BCUT2D eigenvalue weighted by Crippen LogP contribution is 2.28. The van der Waals surface area contributed by atoms with Gasteiger partial charge in [-0.1, -0.05) is 0 Å². The molecule has 3 heterocycles. The van der Waals surface area contributed by atoms with Gasteiger partial charge in [0.25, 0.3) is 5.56 Å². The van der Waals surface area contributed by atoms with Crippen LogP contribution in [0.15, 0.2) is 41.2 Å². The highest BCUT2D eigenvalue weighted by atomic mass is 19.1. The molecule has 5 rings (SSSR count). The summed E-state index contributed by atoms with van der Waals surface area (Å²) < 4.78 is 29.1. The number of carbonyl (C=O) groups excluding carboxylic acids is 2. The van der Waals surface area contributed by atoms with E-state index in [9.17, 15) is 14.4 Å². The maximum Gasteiger partial charge on any atom is 0.414 e. The van der Waals surface area contributed by atoms with Crippen molar-refractivity contribution in [2.75, 3.05) is 67.6 Å². The number of hydrogen-bond donors (Lipinski definition) is 2. The van der Waals surface area contributed by atoms with E-state index in [0.717, 1.165) is 0 Å². The van der Waals surface area contributed by atoms with Gasteiger partial charge in [0.2, 0.25) is 0 Å². The molecule has 13 heteroatoms. The summed E-state index contributed by atoms with van der Waals surface area (Å²) in [6.45, 7) is 5.82. The topological polar surface area (TPSA) is 127 Å². The first-order chi connectivity index (χ1) is 19.3. The molecule has 2 saturated heterocycles. The lowest BCUT2D eigenvalue weighted by molar-refractivity contribution is 0.0564. The number of rotatable bonds is 8. The molecule has 12 nitrogen and oxygen atoms in total. The van der Waals surface area contributed by atoms with Gasteiger partial charge in [0, 0.05) is 45.5 Å². The summed E-state index contributed by atoms with van der Waals surface area (Å²) in [5.41, 5.74) is 7.46. The summed E-state index contributed by atoms with van der Waals surface area (Å²) in [4.78, 5) is 42.7. The van der Waals surface area contributed by atoms with E-state index in [1.54, 1.807) is 42.3 Å². The molecule has 2 aromatic carbocycles. The molecule has 1 atom stereocenters. The van der Waals surface area contributed by atoms with E-state index >= 15 is 4.39 Å². The fraction of sp³-hybridized carbons (Fsp3) is 0.444. The Hall–Kier alpha value is -4.10. The monoisotopic (exact) mass is 555 g/mol. The second kappa shape index (κ2) is 11.6. The van der Waals surface area contributed by atoms with Crippen LogP contribution in [0, 0.1) is 5.82 Å². The number of nitrogens with zero attached hydrogens (tertiary/aromatic N) is 5. The summed E-state index contributed by atoms with van der Waals surface area (Å²) in [6, 6.07) is 9.69. The quantitative estimate of drug-likeness (QED) is 0.436. The van der Waals surface area contributed by atoms with Crippen molar-refractivity contribution < 1.29 is 23.5 Å². The molecule has 2 fully saturated rings. The molecule has 0 radical (unpaired) electrons. The Morgan fingerprint density at radius 1 is 1.18 bits per heavy atom. The minimum Gasteiger partial charge on any atom is -0.443 e. The molecule has 3 N–H and O–H groups in total. The Balaban J connectivity index is 1.31. The maximum atomic E-state index is 15.2. The summed E-state index contributed by atoms with van der Waals surface area (Å²) in [5, 5.41) is 3.35. The number of fused-ring (bicyclic) bond motifs is 1. The van der Waals surface area contributed by atoms with E-state index in [2.05, 4.69) is 5.32 Å². The lowest BCUT2D eigenvalue weighted by Crippen LogP contribution is -2.43. The number of halogens is 1. The van der Waals surface area contributed by atoms with Crippen molar-refractivity contribution in [2.45, 2.75) is 19.6 Å². The average molecular weight is 556 g/mol. The number of nitrogens with two attached hydrogens (primary N) is 1. The van der Waals surface area contributed by atoms with Crippen LogP contribution in [-0.4, -0.2) is 85.0 Å². The highest BCUT2D eigenvalue weighted by Gasteiger charge is 2.32. The van der Waals surface area contributed by atoms with Crippen LogP contribution in [0.2, 0.25) is 0 Å². The molecular formula is C27H34FN7O5. The van der Waals surface area contributed by atoms with Crippen LogP contribution in [-0.2, 0) is 23.1 Å². The van der Waals surface area contributed by atoms with Gasteiger partial charge in [0.15, 0.2) is 0 Å². The highest BCUT2D eigenvalue weighted by molar-refractivity contribution is 5.93. The van der Waals surface area contributed by atoms with Gasteiger partial charge >= 0.3 is 12.1 Å². The zero-order valence-corrected chi connectivity index (χ0v) is 22.6. The Morgan fingerprint density at radius 3 is 2.62 bits per heavy atom. The van der Waals surface area contributed by atoms with E-state index in [1.165, 1.54) is 15.6 Å². The number of nitrogens with one attached hydrogen (secondary N) is 1. The second-order valence-electron chi connectivity index (χ2n) is 9.78. The first-order valence-corrected chi connectivity index (χ1v) is 13.4. The molecule has 0 unspecified atom stereocenters. The summed E-state index contributed by atoms with van der Waals surface area (Å²) in [6.07, 6.45) is -0.957. The number of morpholine rings is 1. The van der Waals surface area contributed by atoms with Gasteiger partial charge in [-0.05, 0) is 43.3 Å². The molecule has 2 aliphatic rings. The average Bonchev–Trinajstić information content (AvgIpc) is 3.46. The molecule has 3 aromatic rings. The molecule has 0 aliphatic carbocycles. The number of likely N-dealkylation sites (N-methyl/N-ethyl adjacent to an activating group) is 1. The van der Waals surface area contributed by atoms with Crippen molar-refractivity contribution in [3.63, 3.8) is 0 Å². The van der Waals surface area contributed by atoms with Gasteiger partial charge < -0.3 is 30.3 Å². The van der Waals surface area contributed by atoms with Crippen molar-refractivity contribution in [3.05, 3.63) is 52.6 Å². The van der Waals surface area contributed by atoms with E-state index in [-0.39, 0.29) is 24.7 Å². The lowest BCUT2D eigenvalue weighted by atomic mass is 10.2. The van der Waals surface area contributed by atoms with Crippen LogP contribution in [0.1, 0.15) is 6.92 Å². The van der Waals surface area contributed by atoms with Gasteiger partial charge in [-0.2, -0.15) is 0 Å². The van der Waals surface area contributed by atoms with Gasteiger partial charge in [0.1, 0.15) is 11.9 Å². The van der Waals surface area contributed by atoms with E-state index in [4.69, 9.17) is 15.2 Å². The minimum absolute atomic E-state index is 0.190. The molecule has 2 aliphatic heterocycles. The Kier molecular flexibility index (Phi) is 7.94. The predicted molar refractivity (Wildman–Crippen MR) is 150 cm³/mol. The molecule has 0 spiro atoms. The van der Waals surface area contributed by atoms with Crippen molar-refractivity contribution in [2.24, 2.45) is 12.8 Å². The van der Waals surface area contributed by atoms with Crippen molar-refractivity contribution in [3.8, 4) is 0 Å². The third kappa shape index (κ3) is 5.34. The van der Waals surface area contributed by atoms with E-state index in [0.29, 0.717) is 73.9 Å². The summed E-state index contributed by atoms with van der Waals surface area (Å²) >= 11 is 0. The third-order valence-corrected chi connectivity index (χ3v) is 7.39. The molecule has 0 bridgehead atoms. The summed E-state index contributed by atoms with van der Waals surface area (Å²) in [7, 11) is 1.68. The van der Waals surface area contributed by atoms with Crippen LogP contribution in [0.25, 0.3) is 10.9 Å². The van der Waals surface area contributed by atoms with Gasteiger partial charge in [0.05, 0.1) is 48.6 Å². The molecular weight excluding hydrogens is 521 g/mol. The van der Waals surface area contributed by atoms with Crippen molar-refractivity contribution in [1.82, 2.24) is 14.3 Å². The smallest absolute Gasteiger partial charge is 0.414 e. The Labute approximate surface area is 230 Å². The number of benzene rings is 2. The third-order valence-electron chi connectivity index (χ3n) is 7.39. The van der Waals surface area contributed by atoms with E-state index < -0.39 is 18.0 Å². The molecule has 3 amide bonds. The fourth-order valence-electron chi connectivity index (χ4n) is 5.13. The first kappa shape index (κ1) is 27.5. The van der Waals surface area contributed by atoms with Crippen LogP contribution < -0.4 is 26.4 Å². The first-order valence-electron chi connectivity index (χ1n) is 13.4. The Morgan fingerprint density at radius 2 is 1.95 bits per heavy atom. The van der Waals surface area contributed by atoms with Crippen LogP contribution in [0.4, 0.5) is 31.0 Å². The zero-order chi connectivity index (χ0) is 28.4. The number of ether oxygens (including phenoxy) is 2. The molecule has 40 heavy (non-hydrogen) atoms.